The highest BCUT2D eigenvalue weighted by Gasteiger charge is 2.24. The number of carbonyl (C=O) groups is 2. The van der Waals surface area contributed by atoms with Gasteiger partial charge in [0.1, 0.15) is 11.6 Å². The van der Waals surface area contributed by atoms with Gasteiger partial charge in [0, 0.05) is 57.3 Å². The molecule has 9 nitrogen and oxygen atoms in total. The second kappa shape index (κ2) is 13.5. The molecule has 2 amide bonds. The Morgan fingerprint density at radius 3 is 2.82 bits per heavy atom. The molecule has 3 aromatic rings. The normalized spacial score (nSPS) is 14.9. The monoisotopic (exact) mass is 529 g/mol. The molecule has 0 aliphatic carbocycles. The van der Waals surface area contributed by atoms with E-state index in [9.17, 15) is 19.2 Å². The van der Waals surface area contributed by atoms with Crippen LogP contribution in [0.15, 0.2) is 60.7 Å². The van der Waals surface area contributed by atoms with Crippen molar-refractivity contribution in [2.45, 2.75) is 18.9 Å². The van der Waals surface area contributed by atoms with Crippen LogP contribution in [0.25, 0.3) is 11.3 Å². The highest BCUT2D eigenvalue weighted by Crippen LogP contribution is 2.25. The zero-order valence-corrected chi connectivity index (χ0v) is 21.6. The van der Waals surface area contributed by atoms with E-state index < -0.39 is 0 Å². The number of nitrogens with two attached hydrogens (primary N) is 1. The Kier molecular flexibility index (Phi) is 9.56. The number of hydrogen-bond donors (Lipinski definition) is 4. The van der Waals surface area contributed by atoms with Gasteiger partial charge in [-0.1, -0.05) is 30.3 Å². The van der Waals surface area contributed by atoms with Gasteiger partial charge in [-0.3, -0.25) is 9.59 Å². The number of nitriles is 1. The fourth-order valence-corrected chi connectivity index (χ4v) is 4.53. The second-order valence-electron chi connectivity index (χ2n) is 9.30. The number of aromatic nitrogens is 1. The van der Waals surface area contributed by atoms with Gasteiger partial charge in [-0.05, 0) is 42.3 Å². The van der Waals surface area contributed by atoms with Crippen LogP contribution in [-0.2, 0) is 11.2 Å². The minimum Gasteiger partial charge on any atom is -0.369 e. The van der Waals surface area contributed by atoms with Crippen molar-refractivity contribution in [3.05, 3.63) is 83.2 Å². The van der Waals surface area contributed by atoms with Gasteiger partial charge in [0.05, 0.1) is 22.9 Å². The number of amides is 2. The summed E-state index contributed by atoms with van der Waals surface area (Å²) in [6.07, 6.45) is 0.828. The third-order valence-electron chi connectivity index (χ3n) is 6.53. The molecule has 0 bridgehead atoms. The number of hydrogen-bond acceptors (Lipinski definition) is 7. The van der Waals surface area contributed by atoms with Gasteiger partial charge in [0.15, 0.2) is 0 Å². The van der Waals surface area contributed by atoms with Crippen molar-refractivity contribution in [3.8, 4) is 17.3 Å². The molecule has 5 N–H and O–H groups in total. The van der Waals surface area contributed by atoms with Gasteiger partial charge < -0.3 is 26.6 Å². The molecule has 4 rings (SSSR count). The van der Waals surface area contributed by atoms with E-state index in [-0.39, 0.29) is 23.7 Å². The van der Waals surface area contributed by atoms with Gasteiger partial charge in [-0.25, -0.2) is 9.37 Å². The SMILES string of the molecule is N#Cc1ccccc1-c1ccc(C(=O)NC[C@H]2CN(C(=O)CCN)CCN2)c(NCCc2cccc(F)c2)n1. The van der Waals surface area contributed by atoms with Gasteiger partial charge >= 0.3 is 0 Å². The molecule has 0 saturated carbocycles. The minimum atomic E-state index is -0.317. The third-order valence-corrected chi connectivity index (χ3v) is 6.53. The van der Waals surface area contributed by atoms with Crippen LogP contribution in [0.5, 0.6) is 0 Å². The first-order chi connectivity index (χ1) is 19.0. The molecule has 2 heterocycles. The van der Waals surface area contributed by atoms with Crippen molar-refractivity contribution in [1.82, 2.24) is 20.5 Å². The molecule has 1 aliphatic rings. The van der Waals surface area contributed by atoms with Crippen LogP contribution in [0.3, 0.4) is 0 Å². The number of pyridine rings is 1. The Morgan fingerprint density at radius 2 is 2.03 bits per heavy atom. The number of piperazine rings is 1. The Bertz CT molecular complexity index is 1360. The van der Waals surface area contributed by atoms with Gasteiger partial charge in [0.25, 0.3) is 5.91 Å². The van der Waals surface area contributed by atoms with Crippen LogP contribution < -0.4 is 21.7 Å². The molecule has 1 fully saturated rings. The lowest BCUT2D eigenvalue weighted by atomic mass is 10.0. The Labute approximate surface area is 227 Å². The summed E-state index contributed by atoms with van der Waals surface area (Å²) in [4.78, 5) is 32.0. The van der Waals surface area contributed by atoms with Gasteiger partial charge in [-0.2, -0.15) is 5.26 Å². The average molecular weight is 530 g/mol. The van der Waals surface area contributed by atoms with E-state index in [1.165, 1.54) is 12.1 Å². The van der Waals surface area contributed by atoms with Crippen molar-refractivity contribution in [1.29, 1.82) is 5.26 Å². The van der Waals surface area contributed by atoms with Gasteiger partial charge in [0.2, 0.25) is 5.91 Å². The van der Waals surface area contributed by atoms with Crippen molar-refractivity contribution >= 4 is 17.6 Å². The molecular weight excluding hydrogens is 497 g/mol. The highest BCUT2D eigenvalue weighted by molar-refractivity contribution is 5.99. The molecule has 202 valence electrons. The Balaban J connectivity index is 1.50. The van der Waals surface area contributed by atoms with E-state index in [1.54, 1.807) is 35.2 Å². The number of halogens is 1. The van der Waals surface area contributed by atoms with E-state index in [4.69, 9.17) is 10.7 Å². The van der Waals surface area contributed by atoms with E-state index in [1.807, 2.05) is 18.2 Å². The molecule has 1 aromatic heterocycles. The molecule has 1 atom stereocenters. The highest BCUT2D eigenvalue weighted by atomic mass is 19.1. The fraction of sp³-hybridized carbons (Fsp3) is 0.310. The topological polar surface area (TPSA) is 136 Å². The fourth-order valence-electron chi connectivity index (χ4n) is 4.53. The standard InChI is InChI=1S/C29H32FN7O2/c30-22-6-3-4-20(16-22)11-13-34-28-25(8-9-26(36-28)24-7-2-1-5-21(24)17-32)29(39)35-18-23-19-37(15-14-33-23)27(38)10-12-31/h1-9,16,23,33H,10-15,18-19,31H2,(H,34,36)(H,35,39)/t23-/m0/s1. The largest absolute Gasteiger partial charge is 0.369 e. The number of nitrogens with one attached hydrogen (secondary N) is 3. The summed E-state index contributed by atoms with van der Waals surface area (Å²) in [5, 5.41) is 19.0. The maximum Gasteiger partial charge on any atom is 0.255 e. The van der Waals surface area contributed by atoms with E-state index >= 15 is 0 Å². The maximum atomic E-state index is 13.6. The molecule has 0 radical (unpaired) electrons. The summed E-state index contributed by atoms with van der Waals surface area (Å²) in [5.74, 6) is -0.244. The second-order valence-corrected chi connectivity index (χ2v) is 9.30. The first-order valence-electron chi connectivity index (χ1n) is 13.0. The number of anilines is 1. The van der Waals surface area contributed by atoms with E-state index in [2.05, 4.69) is 22.0 Å². The third kappa shape index (κ3) is 7.37. The van der Waals surface area contributed by atoms with Crippen LogP contribution in [0.1, 0.15) is 27.9 Å². The van der Waals surface area contributed by atoms with Crippen LogP contribution in [0, 0.1) is 17.1 Å². The predicted molar refractivity (Wildman–Crippen MR) is 147 cm³/mol. The van der Waals surface area contributed by atoms with Crippen LogP contribution in [-0.4, -0.2) is 67.0 Å². The van der Waals surface area contributed by atoms with Crippen molar-refractivity contribution < 1.29 is 14.0 Å². The van der Waals surface area contributed by atoms with E-state index in [0.29, 0.717) is 80.3 Å². The number of nitrogens with zero attached hydrogens (tertiary/aromatic N) is 3. The maximum absolute atomic E-state index is 13.6. The zero-order chi connectivity index (χ0) is 27.6. The van der Waals surface area contributed by atoms with E-state index in [0.717, 1.165) is 5.56 Å². The zero-order valence-electron chi connectivity index (χ0n) is 21.6. The van der Waals surface area contributed by atoms with Crippen molar-refractivity contribution in [2.24, 2.45) is 5.73 Å². The summed E-state index contributed by atoms with van der Waals surface area (Å²) in [6.45, 7) is 2.78. The molecule has 2 aromatic carbocycles. The van der Waals surface area contributed by atoms with Gasteiger partial charge in [-0.15, -0.1) is 0 Å². The smallest absolute Gasteiger partial charge is 0.255 e. The average Bonchev–Trinajstić information content (AvgIpc) is 2.96. The first-order valence-corrected chi connectivity index (χ1v) is 13.0. The summed E-state index contributed by atoms with van der Waals surface area (Å²) >= 11 is 0. The number of carbonyl (C=O) groups excluding carboxylic acids is 2. The summed E-state index contributed by atoms with van der Waals surface area (Å²) < 4.78 is 13.6. The summed E-state index contributed by atoms with van der Waals surface area (Å²) in [5.41, 5.74) is 8.38. The molecule has 39 heavy (non-hydrogen) atoms. The lowest BCUT2D eigenvalue weighted by Gasteiger charge is -2.34. The number of rotatable bonds is 10. The van der Waals surface area contributed by atoms with Crippen LogP contribution in [0.4, 0.5) is 10.2 Å². The molecular formula is C29H32FN7O2. The molecule has 1 aliphatic heterocycles. The molecule has 1 saturated heterocycles. The quantitative estimate of drug-likeness (QED) is 0.316. The molecule has 0 spiro atoms. The minimum absolute atomic E-state index is 0.0116. The van der Waals surface area contributed by atoms with Crippen molar-refractivity contribution in [3.63, 3.8) is 0 Å². The molecule has 0 unspecified atom stereocenters. The lowest BCUT2D eigenvalue weighted by Crippen LogP contribution is -2.56. The predicted octanol–water partition coefficient (Wildman–Crippen LogP) is 2.29. The number of benzene rings is 2. The summed E-state index contributed by atoms with van der Waals surface area (Å²) in [7, 11) is 0. The Morgan fingerprint density at radius 1 is 1.18 bits per heavy atom. The van der Waals surface area contributed by atoms with Crippen LogP contribution in [0.2, 0.25) is 0 Å². The molecule has 10 heteroatoms. The van der Waals surface area contributed by atoms with Crippen molar-refractivity contribution in [2.75, 3.05) is 44.6 Å². The summed E-state index contributed by atoms with van der Waals surface area (Å²) in [6, 6.07) is 19.0. The first kappa shape index (κ1) is 27.7. The lowest BCUT2D eigenvalue weighted by molar-refractivity contribution is -0.132. The van der Waals surface area contributed by atoms with Crippen LogP contribution >= 0.6 is 0 Å². The Hall–Kier alpha value is -4.33.